The van der Waals surface area contributed by atoms with Crippen LogP contribution in [0, 0.1) is 5.82 Å². The second-order valence-electron chi connectivity index (χ2n) is 4.29. The molecule has 1 atom stereocenters. The maximum atomic E-state index is 13.5. The molecule has 1 heterocycles. The lowest BCUT2D eigenvalue weighted by Gasteiger charge is -2.12. The van der Waals surface area contributed by atoms with E-state index in [9.17, 15) is 9.18 Å². The molecule has 1 unspecified atom stereocenters. The van der Waals surface area contributed by atoms with Gasteiger partial charge in [-0.2, -0.15) is 0 Å². The summed E-state index contributed by atoms with van der Waals surface area (Å²) in [5, 5.41) is 5.59. The van der Waals surface area contributed by atoms with E-state index in [1.165, 1.54) is 29.5 Å². The van der Waals surface area contributed by atoms with Gasteiger partial charge < -0.3 is 10.7 Å². The van der Waals surface area contributed by atoms with E-state index >= 15 is 0 Å². The monoisotopic (exact) mass is 294 g/mol. The van der Waals surface area contributed by atoms with E-state index in [0.29, 0.717) is 6.54 Å². The number of nitrogens with one attached hydrogen (secondary N) is 2. The van der Waals surface area contributed by atoms with Gasteiger partial charge >= 0.3 is 0 Å². The van der Waals surface area contributed by atoms with Crippen molar-refractivity contribution in [1.82, 2.24) is 10.3 Å². The summed E-state index contributed by atoms with van der Waals surface area (Å²) in [6, 6.07) is 4.22. The fourth-order valence-corrected chi connectivity index (χ4v) is 2.46. The molecule has 0 saturated carbocycles. The van der Waals surface area contributed by atoms with Crippen LogP contribution in [0.4, 0.5) is 10.1 Å². The Balaban J connectivity index is 2.04. The molecule has 0 radical (unpaired) electrons. The topological polar surface area (TPSA) is 80.0 Å². The van der Waals surface area contributed by atoms with E-state index in [2.05, 4.69) is 15.7 Å². The summed E-state index contributed by atoms with van der Waals surface area (Å²) in [7, 11) is 0. The molecule has 20 heavy (non-hydrogen) atoms. The van der Waals surface area contributed by atoms with Gasteiger partial charge in [-0.25, -0.2) is 9.37 Å². The molecule has 1 aromatic carbocycles. The van der Waals surface area contributed by atoms with Crippen molar-refractivity contribution in [3.63, 3.8) is 0 Å². The Kier molecular flexibility index (Phi) is 4.65. The van der Waals surface area contributed by atoms with Crippen molar-refractivity contribution >= 4 is 22.9 Å². The van der Waals surface area contributed by atoms with Crippen molar-refractivity contribution in [1.29, 1.82) is 0 Å². The van der Waals surface area contributed by atoms with E-state index in [4.69, 9.17) is 5.84 Å². The third kappa shape index (κ3) is 3.12. The average Bonchev–Trinajstić information content (AvgIpc) is 2.98. The van der Waals surface area contributed by atoms with Gasteiger partial charge in [0.25, 0.3) is 5.91 Å². The van der Waals surface area contributed by atoms with Crippen LogP contribution >= 0.6 is 11.3 Å². The third-order valence-electron chi connectivity index (χ3n) is 2.84. The molecule has 0 fully saturated rings. The van der Waals surface area contributed by atoms with Gasteiger partial charge in [-0.05, 0) is 12.1 Å². The van der Waals surface area contributed by atoms with Gasteiger partial charge in [0.05, 0.1) is 16.3 Å². The normalized spacial score (nSPS) is 11.9. The summed E-state index contributed by atoms with van der Waals surface area (Å²) in [5.41, 5.74) is 2.39. The standard InChI is InChI=1S/C13H15FN4OS/c1-8(13-16-5-6-20-13)7-17-12(19)9-3-2-4-10(14)11(9)18-15/h2-6,8,18H,7,15H2,1H3,(H,17,19). The molecule has 4 N–H and O–H groups in total. The molecule has 0 saturated heterocycles. The zero-order valence-electron chi connectivity index (χ0n) is 10.9. The second kappa shape index (κ2) is 6.44. The van der Waals surface area contributed by atoms with Crippen LogP contribution in [-0.2, 0) is 0 Å². The summed E-state index contributed by atoms with van der Waals surface area (Å²) < 4.78 is 13.5. The summed E-state index contributed by atoms with van der Waals surface area (Å²) in [6.45, 7) is 2.39. The van der Waals surface area contributed by atoms with Crippen LogP contribution in [0.25, 0.3) is 0 Å². The molecule has 5 nitrogen and oxygen atoms in total. The van der Waals surface area contributed by atoms with Crippen LogP contribution < -0.4 is 16.6 Å². The molecule has 0 spiro atoms. The Bertz CT molecular complexity index is 588. The number of hydrazine groups is 1. The number of thiazole rings is 1. The van der Waals surface area contributed by atoms with E-state index in [0.717, 1.165) is 5.01 Å². The predicted octanol–water partition coefficient (Wildman–Crippen LogP) is 2.10. The first-order valence-corrected chi connectivity index (χ1v) is 6.94. The average molecular weight is 294 g/mol. The van der Waals surface area contributed by atoms with Crippen LogP contribution in [0.5, 0.6) is 0 Å². The number of nitrogen functional groups attached to an aromatic ring is 1. The quantitative estimate of drug-likeness (QED) is 0.583. The predicted molar refractivity (Wildman–Crippen MR) is 77.1 cm³/mol. The van der Waals surface area contributed by atoms with E-state index in [-0.39, 0.29) is 23.1 Å². The van der Waals surface area contributed by atoms with Crippen molar-refractivity contribution in [2.24, 2.45) is 5.84 Å². The number of anilines is 1. The second-order valence-corrected chi connectivity index (χ2v) is 5.21. The largest absolute Gasteiger partial charge is 0.351 e. The number of amides is 1. The molecule has 106 valence electrons. The SMILES string of the molecule is CC(CNC(=O)c1cccc(F)c1NN)c1nccs1. The molecule has 2 rings (SSSR count). The molecule has 0 aliphatic heterocycles. The van der Waals surface area contributed by atoms with Gasteiger partial charge in [0.1, 0.15) is 5.82 Å². The van der Waals surface area contributed by atoms with Gasteiger partial charge in [-0.15, -0.1) is 11.3 Å². The number of benzene rings is 1. The number of halogens is 1. The highest BCUT2D eigenvalue weighted by Crippen LogP contribution is 2.20. The van der Waals surface area contributed by atoms with E-state index < -0.39 is 5.82 Å². The lowest BCUT2D eigenvalue weighted by Crippen LogP contribution is -2.29. The number of rotatable bonds is 5. The molecule has 2 aromatic rings. The molecular weight excluding hydrogens is 279 g/mol. The minimum atomic E-state index is -0.562. The molecule has 1 amide bonds. The molecule has 0 aliphatic rings. The number of carbonyl (C=O) groups excluding carboxylic acids is 1. The molecule has 1 aromatic heterocycles. The van der Waals surface area contributed by atoms with Gasteiger partial charge in [-0.3, -0.25) is 10.6 Å². The maximum absolute atomic E-state index is 13.5. The fourth-order valence-electron chi connectivity index (χ4n) is 1.77. The van der Waals surface area contributed by atoms with Gasteiger partial charge in [0.2, 0.25) is 0 Å². The Hall–Kier alpha value is -1.99. The van der Waals surface area contributed by atoms with Crippen LogP contribution in [0.3, 0.4) is 0 Å². The van der Waals surface area contributed by atoms with Crippen molar-refractivity contribution in [3.8, 4) is 0 Å². The van der Waals surface area contributed by atoms with Gasteiger partial charge in [-0.1, -0.05) is 13.0 Å². The smallest absolute Gasteiger partial charge is 0.253 e. The number of aromatic nitrogens is 1. The molecule has 7 heteroatoms. The number of hydrogen-bond donors (Lipinski definition) is 3. The zero-order chi connectivity index (χ0) is 14.5. The van der Waals surface area contributed by atoms with Gasteiger partial charge in [0.15, 0.2) is 0 Å². The fraction of sp³-hybridized carbons (Fsp3) is 0.231. The summed E-state index contributed by atoms with van der Waals surface area (Å²) in [4.78, 5) is 16.2. The highest BCUT2D eigenvalue weighted by Gasteiger charge is 2.16. The Morgan fingerprint density at radius 3 is 3.00 bits per heavy atom. The number of carbonyl (C=O) groups is 1. The number of nitrogens with two attached hydrogens (primary N) is 1. The van der Waals surface area contributed by atoms with Crippen molar-refractivity contribution in [3.05, 3.63) is 46.2 Å². The van der Waals surface area contributed by atoms with Crippen LogP contribution in [-0.4, -0.2) is 17.4 Å². The van der Waals surface area contributed by atoms with Gasteiger partial charge in [0, 0.05) is 24.0 Å². The third-order valence-corrected chi connectivity index (χ3v) is 3.85. The highest BCUT2D eigenvalue weighted by atomic mass is 32.1. The highest BCUT2D eigenvalue weighted by molar-refractivity contribution is 7.09. The maximum Gasteiger partial charge on any atom is 0.253 e. The summed E-state index contributed by atoms with van der Waals surface area (Å²) in [5.74, 6) is 4.41. The molecular formula is C13H15FN4OS. The minimum Gasteiger partial charge on any atom is -0.351 e. The van der Waals surface area contributed by atoms with Crippen molar-refractivity contribution < 1.29 is 9.18 Å². The first kappa shape index (κ1) is 14.4. The van der Waals surface area contributed by atoms with E-state index in [1.54, 1.807) is 6.20 Å². The van der Waals surface area contributed by atoms with Crippen molar-refractivity contribution in [2.45, 2.75) is 12.8 Å². The number of nitrogens with zero attached hydrogens (tertiary/aromatic N) is 1. The lowest BCUT2D eigenvalue weighted by atomic mass is 10.1. The number of para-hydroxylation sites is 1. The molecule has 0 aliphatic carbocycles. The Labute approximate surface area is 120 Å². The van der Waals surface area contributed by atoms with E-state index in [1.807, 2.05) is 12.3 Å². The molecule has 0 bridgehead atoms. The Morgan fingerprint density at radius 1 is 1.55 bits per heavy atom. The zero-order valence-corrected chi connectivity index (χ0v) is 11.7. The summed E-state index contributed by atoms with van der Waals surface area (Å²) >= 11 is 1.53. The van der Waals surface area contributed by atoms with Crippen molar-refractivity contribution in [2.75, 3.05) is 12.0 Å². The minimum absolute atomic E-state index is 0.00750. The first-order chi connectivity index (χ1) is 9.63. The Morgan fingerprint density at radius 2 is 2.35 bits per heavy atom. The van der Waals surface area contributed by atoms with Crippen LogP contribution in [0.1, 0.15) is 28.2 Å². The summed E-state index contributed by atoms with van der Waals surface area (Å²) in [6.07, 6.45) is 1.72. The first-order valence-electron chi connectivity index (χ1n) is 6.06. The number of hydrogen-bond acceptors (Lipinski definition) is 5. The van der Waals surface area contributed by atoms with Crippen LogP contribution in [0.2, 0.25) is 0 Å². The lowest BCUT2D eigenvalue weighted by molar-refractivity contribution is 0.0952. The van der Waals surface area contributed by atoms with Crippen LogP contribution in [0.15, 0.2) is 29.8 Å².